The third-order valence-electron chi connectivity index (χ3n) is 3.63. The van der Waals surface area contributed by atoms with Crippen molar-refractivity contribution in [3.8, 4) is 5.75 Å². The minimum atomic E-state index is 0.180. The van der Waals surface area contributed by atoms with Crippen LogP contribution < -0.4 is 10.5 Å². The summed E-state index contributed by atoms with van der Waals surface area (Å²) in [5.74, 6) is 0.809. The summed E-state index contributed by atoms with van der Waals surface area (Å²) >= 11 is 4.92. The average molecular weight is 310 g/mol. The van der Waals surface area contributed by atoms with E-state index in [1.54, 1.807) is 0 Å². The predicted molar refractivity (Wildman–Crippen MR) is 90.9 cm³/mol. The molecule has 5 heteroatoms. The molecule has 0 aliphatic rings. The Labute approximate surface area is 132 Å². The van der Waals surface area contributed by atoms with E-state index in [1.807, 2.05) is 24.3 Å². The third kappa shape index (κ3) is 5.99. The molecule has 0 atom stereocenters. The Morgan fingerprint density at radius 3 is 2.33 bits per heavy atom. The summed E-state index contributed by atoms with van der Waals surface area (Å²) in [7, 11) is 0. The summed E-state index contributed by atoms with van der Waals surface area (Å²) in [6, 6.07) is 7.98. The van der Waals surface area contributed by atoms with E-state index in [0.717, 1.165) is 30.7 Å². The Morgan fingerprint density at radius 1 is 1.24 bits per heavy atom. The smallest absolute Gasteiger partial charge is 0.119 e. The molecule has 1 aromatic carbocycles. The minimum Gasteiger partial charge on any atom is -0.492 e. The van der Waals surface area contributed by atoms with Crippen molar-refractivity contribution in [3.05, 3.63) is 29.8 Å². The molecule has 0 unspecified atom stereocenters. The Kier molecular flexibility index (Phi) is 8.27. The second-order valence-electron chi connectivity index (χ2n) is 4.97. The van der Waals surface area contributed by atoms with Crippen molar-refractivity contribution in [2.24, 2.45) is 5.73 Å². The van der Waals surface area contributed by atoms with E-state index in [-0.39, 0.29) is 6.61 Å². The van der Waals surface area contributed by atoms with Crippen molar-refractivity contribution < 1.29 is 9.84 Å². The van der Waals surface area contributed by atoms with Crippen molar-refractivity contribution >= 4 is 17.2 Å². The van der Waals surface area contributed by atoms with Crippen LogP contribution in [-0.2, 0) is 0 Å². The third-order valence-corrected chi connectivity index (χ3v) is 3.87. The molecule has 0 fully saturated rings. The largest absolute Gasteiger partial charge is 0.492 e. The van der Waals surface area contributed by atoms with Gasteiger partial charge in [0.25, 0.3) is 0 Å². The van der Waals surface area contributed by atoms with E-state index in [1.165, 1.54) is 0 Å². The summed E-state index contributed by atoms with van der Waals surface area (Å²) in [6.07, 6.45) is 2.16. The van der Waals surface area contributed by atoms with Gasteiger partial charge in [0, 0.05) is 24.7 Å². The van der Waals surface area contributed by atoms with Crippen LogP contribution in [0.15, 0.2) is 24.3 Å². The highest BCUT2D eigenvalue weighted by molar-refractivity contribution is 7.80. The molecule has 118 valence electrons. The van der Waals surface area contributed by atoms with Gasteiger partial charge in [-0.3, -0.25) is 4.90 Å². The fraction of sp³-hybridized carbons (Fsp3) is 0.562. The first-order chi connectivity index (χ1) is 10.1. The highest BCUT2D eigenvalue weighted by atomic mass is 32.1. The van der Waals surface area contributed by atoms with Crippen LogP contribution in [0.3, 0.4) is 0 Å². The average Bonchev–Trinajstić information content (AvgIpc) is 2.49. The van der Waals surface area contributed by atoms with E-state index < -0.39 is 0 Å². The van der Waals surface area contributed by atoms with Crippen molar-refractivity contribution in [3.63, 3.8) is 0 Å². The standard InChI is InChI=1S/C16H26N2O2S/c1-3-14(4-2)18(9-11-19)10-12-20-15-7-5-13(6-8-15)16(17)21/h5-8,14,19H,3-4,9-12H2,1-2H3,(H2,17,21). The molecule has 0 aliphatic heterocycles. The molecule has 0 radical (unpaired) electrons. The topological polar surface area (TPSA) is 58.7 Å². The zero-order chi connectivity index (χ0) is 15.7. The van der Waals surface area contributed by atoms with Gasteiger partial charge in [0.2, 0.25) is 0 Å². The molecule has 0 aliphatic carbocycles. The summed E-state index contributed by atoms with van der Waals surface area (Å²) in [5.41, 5.74) is 6.40. The lowest BCUT2D eigenvalue weighted by Gasteiger charge is -2.29. The number of thiocarbonyl (C=S) groups is 1. The molecule has 0 saturated heterocycles. The molecule has 3 N–H and O–H groups in total. The van der Waals surface area contributed by atoms with Gasteiger partial charge in [-0.2, -0.15) is 0 Å². The zero-order valence-electron chi connectivity index (χ0n) is 12.9. The first-order valence-electron chi connectivity index (χ1n) is 7.49. The van der Waals surface area contributed by atoms with Crippen LogP contribution in [0.5, 0.6) is 5.75 Å². The normalized spacial score (nSPS) is 11.1. The lowest BCUT2D eigenvalue weighted by Crippen LogP contribution is -2.39. The summed E-state index contributed by atoms with van der Waals surface area (Å²) in [5, 5.41) is 9.17. The van der Waals surface area contributed by atoms with Crippen LogP contribution in [0.2, 0.25) is 0 Å². The molecular weight excluding hydrogens is 284 g/mol. The van der Waals surface area contributed by atoms with Gasteiger partial charge in [0.15, 0.2) is 0 Å². The van der Waals surface area contributed by atoms with Gasteiger partial charge < -0.3 is 15.6 Å². The molecule has 0 aromatic heterocycles. The summed E-state index contributed by atoms with van der Waals surface area (Å²) in [4.78, 5) is 2.67. The van der Waals surface area contributed by atoms with Crippen LogP contribution in [0.25, 0.3) is 0 Å². The first-order valence-corrected chi connectivity index (χ1v) is 7.90. The van der Waals surface area contributed by atoms with Gasteiger partial charge in [0.1, 0.15) is 17.3 Å². The van der Waals surface area contributed by atoms with Crippen LogP contribution >= 0.6 is 12.2 Å². The fourth-order valence-electron chi connectivity index (χ4n) is 2.41. The quantitative estimate of drug-likeness (QED) is 0.649. The number of hydrogen-bond acceptors (Lipinski definition) is 4. The Balaban J connectivity index is 2.47. The molecule has 0 saturated carbocycles. The molecule has 0 amide bonds. The van der Waals surface area contributed by atoms with Gasteiger partial charge in [0.05, 0.1) is 6.61 Å². The number of hydrogen-bond donors (Lipinski definition) is 2. The van der Waals surface area contributed by atoms with Crippen LogP contribution in [0.4, 0.5) is 0 Å². The Bertz CT molecular complexity index is 419. The lowest BCUT2D eigenvalue weighted by atomic mass is 10.1. The lowest BCUT2D eigenvalue weighted by molar-refractivity contribution is 0.122. The molecule has 4 nitrogen and oxygen atoms in total. The molecule has 0 spiro atoms. The monoisotopic (exact) mass is 310 g/mol. The summed E-state index contributed by atoms with van der Waals surface area (Å²) < 4.78 is 5.75. The van der Waals surface area contributed by atoms with Gasteiger partial charge in [-0.1, -0.05) is 26.1 Å². The summed E-state index contributed by atoms with van der Waals surface area (Å²) in [6.45, 7) is 6.63. The van der Waals surface area contributed by atoms with Crippen molar-refractivity contribution in [2.75, 3.05) is 26.3 Å². The van der Waals surface area contributed by atoms with Crippen molar-refractivity contribution in [2.45, 2.75) is 32.7 Å². The number of benzene rings is 1. The second kappa shape index (κ2) is 9.71. The molecular formula is C16H26N2O2S. The van der Waals surface area contributed by atoms with E-state index in [2.05, 4.69) is 18.7 Å². The fourth-order valence-corrected chi connectivity index (χ4v) is 2.54. The highest BCUT2D eigenvalue weighted by Gasteiger charge is 2.14. The highest BCUT2D eigenvalue weighted by Crippen LogP contribution is 2.13. The van der Waals surface area contributed by atoms with Gasteiger partial charge in [-0.15, -0.1) is 0 Å². The predicted octanol–water partition coefficient (Wildman–Crippen LogP) is 2.18. The molecule has 1 aromatic rings. The van der Waals surface area contributed by atoms with Crippen molar-refractivity contribution in [1.82, 2.24) is 4.90 Å². The number of aliphatic hydroxyl groups is 1. The zero-order valence-corrected chi connectivity index (χ0v) is 13.7. The van der Waals surface area contributed by atoms with Crippen molar-refractivity contribution in [1.29, 1.82) is 0 Å². The maximum atomic E-state index is 9.17. The first kappa shape index (κ1) is 17.9. The van der Waals surface area contributed by atoms with Gasteiger partial charge >= 0.3 is 0 Å². The second-order valence-corrected chi connectivity index (χ2v) is 5.41. The van der Waals surface area contributed by atoms with E-state index in [0.29, 0.717) is 24.2 Å². The SMILES string of the molecule is CCC(CC)N(CCO)CCOc1ccc(C(N)=S)cc1. The Hall–Kier alpha value is -1.17. The van der Waals surface area contributed by atoms with Crippen LogP contribution in [0.1, 0.15) is 32.3 Å². The minimum absolute atomic E-state index is 0.180. The van der Waals surface area contributed by atoms with E-state index in [4.69, 9.17) is 27.8 Å². The molecule has 1 rings (SSSR count). The molecule has 21 heavy (non-hydrogen) atoms. The van der Waals surface area contributed by atoms with Crippen LogP contribution in [0, 0.1) is 0 Å². The van der Waals surface area contributed by atoms with Gasteiger partial charge in [-0.05, 0) is 37.1 Å². The Morgan fingerprint density at radius 2 is 1.86 bits per heavy atom. The van der Waals surface area contributed by atoms with Gasteiger partial charge in [-0.25, -0.2) is 0 Å². The number of nitrogens with zero attached hydrogens (tertiary/aromatic N) is 1. The number of nitrogens with two attached hydrogens (primary N) is 1. The number of rotatable bonds is 10. The molecule has 0 bridgehead atoms. The number of aliphatic hydroxyl groups excluding tert-OH is 1. The maximum absolute atomic E-state index is 9.17. The maximum Gasteiger partial charge on any atom is 0.119 e. The van der Waals surface area contributed by atoms with E-state index >= 15 is 0 Å². The van der Waals surface area contributed by atoms with E-state index in [9.17, 15) is 0 Å². The molecule has 0 heterocycles. The number of ether oxygens (including phenoxy) is 1. The van der Waals surface area contributed by atoms with Crippen LogP contribution in [-0.4, -0.2) is 47.3 Å².